The minimum Gasteiger partial charge on any atom is -0.333 e. The van der Waals surface area contributed by atoms with Crippen molar-refractivity contribution in [2.24, 2.45) is 0 Å². The fraction of sp³-hybridized carbons (Fsp3) is 0.323. The molecule has 2 atom stereocenters. The van der Waals surface area contributed by atoms with Gasteiger partial charge < -0.3 is 15.1 Å². The summed E-state index contributed by atoms with van der Waals surface area (Å²) in [5.74, 6) is -0.750. The molecule has 2 fully saturated rings. The quantitative estimate of drug-likeness (QED) is 0.464. The highest BCUT2D eigenvalue weighted by Crippen LogP contribution is 2.30. The Kier molecular flexibility index (Phi) is 8.40. The van der Waals surface area contributed by atoms with Gasteiger partial charge in [0.2, 0.25) is 11.8 Å². The van der Waals surface area contributed by atoms with Crippen molar-refractivity contribution in [1.29, 1.82) is 0 Å². The second kappa shape index (κ2) is 12.3. The summed E-state index contributed by atoms with van der Waals surface area (Å²) in [6, 6.07) is 24.4. The summed E-state index contributed by atoms with van der Waals surface area (Å²) < 4.78 is 14.0. The maximum absolute atomic E-state index is 14.0. The van der Waals surface area contributed by atoms with E-state index in [4.69, 9.17) is 0 Å². The van der Waals surface area contributed by atoms with Gasteiger partial charge in [0.15, 0.2) is 0 Å². The predicted molar refractivity (Wildman–Crippen MR) is 149 cm³/mol. The smallest absolute Gasteiger partial charge is 0.333 e. The second-order valence-corrected chi connectivity index (χ2v) is 10.2. The molecule has 0 radical (unpaired) electrons. The Morgan fingerprint density at radius 1 is 0.900 bits per heavy atom. The Bertz CT molecular complexity index is 1340. The van der Waals surface area contributed by atoms with E-state index in [1.54, 1.807) is 32.0 Å². The minimum atomic E-state index is -0.705. The van der Waals surface area contributed by atoms with Crippen LogP contribution in [0.2, 0.25) is 0 Å². The molecule has 2 heterocycles. The van der Waals surface area contributed by atoms with Gasteiger partial charge in [-0.05, 0) is 35.2 Å². The molecule has 208 valence electrons. The van der Waals surface area contributed by atoms with Gasteiger partial charge in [-0.3, -0.25) is 9.59 Å². The number of urea groups is 1. The SMILES string of the molecule is CCC[C@H]1C(=O)N(Cc2cccc(F)c2)C[C@H]2N1C(=O)CN(Cc1ccccc1)N2C(=O)NCc1ccccc1. The lowest BCUT2D eigenvalue weighted by atomic mass is 10.0. The van der Waals surface area contributed by atoms with Crippen molar-refractivity contribution in [3.63, 3.8) is 0 Å². The summed E-state index contributed by atoms with van der Waals surface area (Å²) in [5.41, 5.74) is 2.56. The third-order valence-electron chi connectivity index (χ3n) is 7.36. The van der Waals surface area contributed by atoms with E-state index >= 15 is 0 Å². The highest BCUT2D eigenvalue weighted by atomic mass is 19.1. The first-order valence-corrected chi connectivity index (χ1v) is 13.7. The third-order valence-corrected chi connectivity index (χ3v) is 7.36. The molecule has 0 bridgehead atoms. The van der Waals surface area contributed by atoms with Crippen LogP contribution in [0.1, 0.15) is 36.5 Å². The zero-order chi connectivity index (χ0) is 28.1. The number of carbonyl (C=O) groups excluding carboxylic acids is 3. The van der Waals surface area contributed by atoms with Crippen LogP contribution in [-0.4, -0.2) is 63.0 Å². The van der Waals surface area contributed by atoms with Gasteiger partial charge in [-0.15, -0.1) is 0 Å². The molecule has 4 amide bonds. The Balaban J connectivity index is 1.48. The molecule has 1 N–H and O–H groups in total. The number of piperazine rings is 1. The number of amides is 4. The number of benzene rings is 3. The standard InChI is InChI=1S/C31H34FN5O3/c1-2-10-27-30(39)34(19-25-15-9-16-26(32)17-25)21-28-36(27)29(38)22-35(20-24-13-7-4-8-14-24)37(28)31(40)33-18-23-11-5-3-6-12-23/h3-9,11-17,27-28H,2,10,18-22H2,1H3,(H,33,40)/t27-,28-/m0/s1. The van der Waals surface area contributed by atoms with Crippen LogP contribution in [0.3, 0.4) is 0 Å². The minimum absolute atomic E-state index is 0.0262. The summed E-state index contributed by atoms with van der Waals surface area (Å²) in [6.45, 7) is 2.92. The van der Waals surface area contributed by atoms with Crippen molar-refractivity contribution in [2.75, 3.05) is 13.1 Å². The first-order chi connectivity index (χ1) is 19.4. The third kappa shape index (κ3) is 5.99. The molecule has 0 saturated carbocycles. The lowest BCUT2D eigenvalue weighted by Crippen LogP contribution is -2.76. The maximum atomic E-state index is 14.0. The molecule has 0 aliphatic carbocycles. The lowest BCUT2D eigenvalue weighted by molar-refractivity contribution is -0.193. The number of fused-ring (bicyclic) bond motifs is 1. The van der Waals surface area contributed by atoms with Gasteiger partial charge >= 0.3 is 6.03 Å². The zero-order valence-corrected chi connectivity index (χ0v) is 22.6. The average molecular weight is 544 g/mol. The van der Waals surface area contributed by atoms with Crippen molar-refractivity contribution in [1.82, 2.24) is 25.1 Å². The normalized spacial score (nSPS) is 19.5. The van der Waals surface area contributed by atoms with Gasteiger partial charge in [0, 0.05) is 19.6 Å². The number of nitrogens with one attached hydrogen (secondary N) is 1. The van der Waals surface area contributed by atoms with E-state index in [0.29, 0.717) is 31.5 Å². The molecule has 0 aromatic heterocycles. The predicted octanol–water partition coefficient (Wildman–Crippen LogP) is 4.13. The van der Waals surface area contributed by atoms with Gasteiger partial charge in [0.1, 0.15) is 18.0 Å². The first kappa shape index (κ1) is 27.3. The zero-order valence-electron chi connectivity index (χ0n) is 22.6. The van der Waals surface area contributed by atoms with Gasteiger partial charge in [-0.1, -0.05) is 86.1 Å². The number of hydrogen-bond donors (Lipinski definition) is 1. The van der Waals surface area contributed by atoms with Crippen LogP contribution in [0, 0.1) is 5.82 Å². The average Bonchev–Trinajstić information content (AvgIpc) is 2.95. The van der Waals surface area contributed by atoms with Crippen molar-refractivity contribution in [2.45, 2.75) is 51.6 Å². The van der Waals surface area contributed by atoms with Crippen LogP contribution >= 0.6 is 0 Å². The fourth-order valence-electron chi connectivity index (χ4n) is 5.53. The van der Waals surface area contributed by atoms with E-state index in [-0.39, 0.29) is 43.3 Å². The molecule has 0 spiro atoms. The van der Waals surface area contributed by atoms with Crippen LogP contribution in [0.4, 0.5) is 9.18 Å². The number of halogens is 1. The molecule has 0 unspecified atom stereocenters. The van der Waals surface area contributed by atoms with Gasteiger partial charge in [-0.25, -0.2) is 19.2 Å². The molecular formula is C31H34FN5O3. The lowest BCUT2D eigenvalue weighted by Gasteiger charge is -2.55. The Morgan fingerprint density at radius 3 is 2.25 bits per heavy atom. The summed E-state index contributed by atoms with van der Waals surface area (Å²) in [7, 11) is 0. The molecule has 3 aromatic rings. The van der Waals surface area contributed by atoms with Crippen LogP contribution < -0.4 is 5.32 Å². The van der Waals surface area contributed by atoms with E-state index < -0.39 is 12.2 Å². The van der Waals surface area contributed by atoms with Crippen LogP contribution in [0.25, 0.3) is 0 Å². The van der Waals surface area contributed by atoms with E-state index in [1.165, 1.54) is 12.1 Å². The Labute approximate surface area is 233 Å². The molecule has 2 aliphatic heterocycles. The Morgan fingerprint density at radius 2 is 1.57 bits per heavy atom. The summed E-state index contributed by atoms with van der Waals surface area (Å²) in [4.78, 5) is 44.4. The highest BCUT2D eigenvalue weighted by molar-refractivity contribution is 5.91. The van der Waals surface area contributed by atoms with Crippen molar-refractivity contribution >= 4 is 17.8 Å². The van der Waals surface area contributed by atoms with Crippen molar-refractivity contribution < 1.29 is 18.8 Å². The van der Waals surface area contributed by atoms with Gasteiger partial charge in [0.05, 0.1) is 13.1 Å². The Hall–Kier alpha value is -4.24. The summed E-state index contributed by atoms with van der Waals surface area (Å²) >= 11 is 0. The van der Waals surface area contributed by atoms with Crippen molar-refractivity contribution in [3.05, 3.63) is 107 Å². The van der Waals surface area contributed by atoms with Crippen LogP contribution in [0.15, 0.2) is 84.9 Å². The number of hydrogen-bond acceptors (Lipinski definition) is 4. The molecule has 3 aromatic carbocycles. The molecule has 2 saturated heterocycles. The second-order valence-electron chi connectivity index (χ2n) is 10.2. The molecule has 9 heteroatoms. The van der Waals surface area contributed by atoms with Crippen LogP contribution in [-0.2, 0) is 29.2 Å². The van der Waals surface area contributed by atoms with Gasteiger partial charge in [0.25, 0.3) is 0 Å². The van der Waals surface area contributed by atoms with E-state index in [9.17, 15) is 18.8 Å². The highest BCUT2D eigenvalue weighted by Gasteiger charge is 2.51. The number of rotatable bonds is 8. The summed E-state index contributed by atoms with van der Waals surface area (Å²) in [6.07, 6.45) is 0.455. The fourth-order valence-corrected chi connectivity index (χ4v) is 5.53. The van der Waals surface area contributed by atoms with E-state index in [2.05, 4.69) is 5.32 Å². The first-order valence-electron chi connectivity index (χ1n) is 13.7. The van der Waals surface area contributed by atoms with E-state index in [0.717, 1.165) is 11.1 Å². The topological polar surface area (TPSA) is 76.2 Å². The number of carbonyl (C=O) groups is 3. The molecule has 8 nitrogen and oxygen atoms in total. The molecular weight excluding hydrogens is 509 g/mol. The van der Waals surface area contributed by atoms with Gasteiger partial charge in [-0.2, -0.15) is 0 Å². The van der Waals surface area contributed by atoms with Crippen LogP contribution in [0.5, 0.6) is 0 Å². The number of nitrogens with zero attached hydrogens (tertiary/aromatic N) is 4. The number of hydrazine groups is 1. The largest absolute Gasteiger partial charge is 0.334 e. The molecule has 2 aliphatic rings. The van der Waals surface area contributed by atoms with Crippen molar-refractivity contribution in [3.8, 4) is 0 Å². The molecule has 40 heavy (non-hydrogen) atoms. The summed E-state index contributed by atoms with van der Waals surface area (Å²) in [5, 5.41) is 6.38. The monoisotopic (exact) mass is 543 g/mol. The maximum Gasteiger partial charge on any atom is 0.334 e. The molecule has 5 rings (SSSR count). The van der Waals surface area contributed by atoms with E-state index in [1.807, 2.05) is 67.6 Å².